The van der Waals surface area contributed by atoms with Crippen molar-refractivity contribution in [3.8, 4) is 5.75 Å². The van der Waals surface area contributed by atoms with Gasteiger partial charge in [-0.05, 0) is 31.4 Å². The van der Waals surface area contributed by atoms with Gasteiger partial charge in [0.2, 0.25) is 11.1 Å². The van der Waals surface area contributed by atoms with Crippen molar-refractivity contribution in [2.75, 3.05) is 23.5 Å². The molecule has 28 heavy (non-hydrogen) atoms. The van der Waals surface area contributed by atoms with Crippen LogP contribution in [-0.4, -0.2) is 33.1 Å². The van der Waals surface area contributed by atoms with Crippen LogP contribution in [-0.2, 0) is 11.2 Å². The number of carbonyl (C=O) groups excluding carboxylic acids is 1. The van der Waals surface area contributed by atoms with Gasteiger partial charge in [0.05, 0.1) is 18.0 Å². The molecule has 2 aromatic rings. The van der Waals surface area contributed by atoms with E-state index in [0.29, 0.717) is 23.2 Å². The Morgan fingerprint density at radius 3 is 2.86 bits per heavy atom. The second kappa shape index (κ2) is 10.4. The number of hydrogen-bond acceptors (Lipinski definition) is 6. The zero-order valence-electron chi connectivity index (χ0n) is 16.4. The van der Waals surface area contributed by atoms with E-state index >= 15 is 0 Å². The normalized spacial score (nSPS) is 14.8. The number of nitrogens with zero attached hydrogens (tertiary/aromatic N) is 3. The number of nitrogens with one attached hydrogen (secondary N) is 1. The van der Waals surface area contributed by atoms with Crippen LogP contribution in [0.4, 0.5) is 5.69 Å². The molecule has 3 N–H and O–H groups in total. The second-order valence-electron chi connectivity index (χ2n) is 7.08. The maximum absolute atomic E-state index is 12.3. The van der Waals surface area contributed by atoms with Crippen LogP contribution in [0.3, 0.4) is 0 Å². The Hall–Kier alpha value is -2.22. The van der Waals surface area contributed by atoms with E-state index in [1.165, 1.54) is 48.5 Å². The summed E-state index contributed by atoms with van der Waals surface area (Å²) in [4.78, 5) is 12.3. The number of aryl methyl sites for hydroxylation is 1. The van der Waals surface area contributed by atoms with Crippen molar-refractivity contribution < 1.29 is 9.53 Å². The number of nitrogens with two attached hydrogens (primary N) is 1. The molecular formula is C20H29N5O2S. The van der Waals surface area contributed by atoms with Gasteiger partial charge < -0.3 is 15.9 Å². The summed E-state index contributed by atoms with van der Waals surface area (Å²) in [6, 6.07) is 7.39. The van der Waals surface area contributed by atoms with Crippen LogP contribution < -0.4 is 15.9 Å². The number of hydrogen-bond donors (Lipinski definition) is 2. The fourth-order valence-corrected chi connectivity index (χ4v) is 4.23. The van der Waals surface area contributed by atoms with Gasteiger partial charge in [0.15, 0.2) is 5.82 Å². The molecule has 8 heteroatoms. The molecule has 1 aliphatic carbocycles. The molecule has 1 aromatic carbocycles. The SMILES string of the molecule is CCOc1ccccc1NC(=O)CSc1nnc(CCC2CCCCC2)n1N. The van der Waals surface area contributed by atoms with Crippen LogP contribution in [0.25, 0.3) is 0 Å². The summed E-state index contributed by atoms with van der Waals surface area (Å²) >= 11 is 1.29. The van der Waals surface area contributed by atoms with Gasteiger partial charge in [-0.1, -0.05) is 56.0 Å². The van der Waals surface area contributed by atoms with Gasteiger partial charge in [-0.15, -0.1) is 10.2 Å². The van der Waals surface area contributed by atoms with E-state index in [4.69, 9.17) is 10.6 Å². The fourth-order valence-electron chi connectivity index (χ4n) is 3.55. The minimum atomic E-state index is -0.135. The predicted molar refractivity (Wildman–Crippen MR) is 112 cm³/mol. The molecule has 1 amide bonds. The number of aromatic nitrogens is 3. The van der Waals surface area contributed by atoms with Crippen molar-refractivity contribution >= 4 is 23.4 Å². The summed E-state index contributed by atoms with van der Waals surface area (Å²) in [5.41, 5.74) is 0.664. The molecule has 0 radical (unpaired) electrons. The van der Waals surface area contributed by atoms with Crippen LogP contribution in [0.2, 0.25) is 0 Å². The van der Waals surface area contributed by atoms with E-state index in [9.17, 15) is 4.79 Å². The summed E-state index contributed by atoms with van der Waals surface area (Å²) < 4.78 is 7.05. The highest BCUT2D eigenvalue weighted by Crippen LogP contribution is 2.28. The first-order valence-electron chi connectivity index (χ1n) is 10.0. The average Bonchev–Trinajstić information content (AvgIpc) is 3.07. The highest BCUT2D eigenvalue weighted by Gasteiger charge is 2.17. The molecule has 1 saturated carbocycles. The molecule has 1 aliphatic rings. The number of carbonyl (C=O) groups is 1. The van der Waals surface area contributed by atoms with E-state index in [-0.39, 0.29) is 11.7 Å². The molecule has 152 valence electrons. The first-order chi connectivity index (χ1) is 13.7. The van der Waals surface area contributed by atoms with Crippen molar-refractivity contribution in [2.24, 2.45) is 5.92 Å². The molecule has 1 heterocycles. The van der Waals surface area contributed by atoms with Crippen LogP contribution in [0.5, 0.6) is 5.75 Å². The van der Waals surface area contributed by atoms with Crippen LogP contribution in [0.1, 0.15) is 51.3 Å². The van der Waals surface area contributed by atoms with Gasteiger partial charge in [0.1, 0.15) is 5.75 Å². The van der Waals surface area contributed by atoms with Gasteiger partial charge in [-0.3, -0.25) is 4.79 Å². The quantitative estimate of drug-likeness (QED) is 0.490. The first kappa shape index (κ1) is 20.5. The molecule has 0 unspecified atom stereocenters. The van der Waals surface area contributed by atoms with Crippen molar-refractivity contribution in [3.05, 3.63) is 30.1 Å². The largest absolute Gasteiger partial charge is 0.492 e. The molecule has 1 fully saturated rings. The van der Waals surface area contributed by atoms with Crippen LogP contribution in [0.15, 0.2) is 29.4 Å². The third-order valence-corrected chi connectivity index (χ3v) is 5.97. The number of ether oxygens (including phenoxy) is 1. The molecule has 0 saturated heterocycles. The van der Waals surface area contributed by atoms with Crippen LogP contribution in [0, 0.1) is 5.92 Å². The third-order valence-electron chi connectivity index (χ3n) is 5.03. The Kier molecular flexibility index (Phi) is 7.59. The monoisotopic (exact) mass is 403 g/mol. The number of amides is 1. The van der Waals surface area contributed by atoms with Gasteiger partial charge in [-0.25, -0.2) is 4.68 Å². The Balaban J connectivity index is 1.49. The van der Waals surface area contributed by atoms with Crippen LogP contribution >= 0.6 is 11.8 Å². The maximum atomic E-state index is 12.3. The van der Waals surface area contributed by atoms with Crippen molar-refractivity contribution in [2.45, 2.75) is 57.0 Å². The lowest BCUT2D eigenvalue weighted by Gasteiger charge is -2.20. The Morgan fingerprint density at radius 1 is 1.29 bits per heavy atom. The smallest absolute Gasteiger partial charge is 0.234 e. The van der Waals surface area contributed by atoms with Gasteiger partial charge in [0, 0.05) is 6.42 Å². The van der Waals surface area contributed by atoms with E-state index in [1.54, 1.807) is 0 Å². The lowest BCUT2D eigenvalue weighted by molar-refractivity contribution is -0.113. The molecule has 0 atom stereocenters. The summed E-state index contributed by atoms with van der Waals surface area (Å²) in [6.45, 7) is 2.45. The highest BCUT2D eigenvalue weighted by atomic mass is 32.2. The second-order valence-corrected chi connectivity index (χ2v) is 8.02. The number of anilines is 1. The fraction of sp³-hybridized carbons (Fsp3) is 0.550. The lowest BCUT2D eigenvalue weighted by atomic mass is 9.86. The van der Waals surface area contributed by atoms with E-state index in [0.717, 1.165) is 24.6 Å². The molecule has 7 nitrogen and oxygen atoms in total. The topological polar surface area (TPSA) is 95.1 Å². The summed E-state index contributed by atoms with van der Waals surface area (Å²) in [5.74, 6) is 8.44. The Bertz CT molecular complexity index is 774. The minimum Gasteiger partial charge on any atom is -0.492 e. The number of rotatable bonds is 9. The molecule has 0 spiro atoms. The average molecular weight is 404 g/mol. The maximum Gasteiger partial charge on any atom is 0.234 e. The zero-order chi connectivity index (χ0) is 19.8. The third kappa shape index (κ3) is 5.64. The van der Waals surface area contributed by atoms with Crippen molar-refractivity contribution in [3.63, 3.8) is 0 Å². The van der Waals surface area contributed by atoms with Crippen molar-refractivity contribution in [1.29, 1.82) is 0 Å². The molecule has 0 bridgehead atoms. The van der Waals surface area contributed by atoms with E-state index in [2.05, 4.69) is 15.5 Å². The summed E-state index contributed by atoms with van der Waals surface area (Å²) in [7, 11) is 0. The van der Waals surface area contributed by atoms with Gasteiger partial charge in [0.25, 0.3) is 0 Å². The van der Waals surface area contributed by atoms with Gasteiger partial charge >= 0.3 is 0 Å². The predicted octanol–water partition coefficient (Wildman–Crippen LogP) is 3.63. The summed E-state index contributed by atoms with van der Waals surface area (Å²) in [5, 5.41) is 11.8. The lowest BCUT2D eigenvalue weighted by Crippen LogP contribution is -2.18. The minimum absolute atomic E-state index is 0.135. The summed E-state index contributed by atoms with van der Waals surface area (Å²) in [6.07, 6.45) is 8.59. The molecular weight excluding hydrogens is 374 g/mol. The Morgan fingerprint density at radius 2 is 2.07 bits per heavy atom. The number of para-hydroxylation sites is 2. The van der Waals surface area contributed by atoms with E-state index < -0.39 is 0 Å². The number of nitrogen functional groups attached to an aromatic ring is 1. The van der Waals surface area contributed by atoms with Gasteiger partial charge in [-0.2, -0.15) is 0 Å². The highest BCUT2D eigenvalue weighted by molar-refractivity contribution is 7.99. The molecule has 3 rings (SSSR count). The first-order valence-corrected chi connectivity index (χ1v) is 11.0. The van der Waals surface area contributed by atoms with Crippen molar-refractivity contribution in [1.82, 2.24) is 14.9 Å². The Labute approximate surface area is 170 Å². The molecule has 0 aliphatic heterocycles. The number of thioether (sulfide) groups is 1. The molecule has 1 aromatic heterocycles. The number of benzene rings is 1. The van der Waals surface area contributed by atoms with E-state index in [1.807, 2.05) is 31.2 Å². The standard InChI is InChI=1S/C20H29N5O2S/c1-2-27-17-11-7-6-10-16(17)22-19(26)14-28-20-24-23-18(25(20)21)13-12-15-8-4-3-5-9-15/h6-7,10-11,15H,2-5,8-9,12-14,21H2,1H3,(H,22,26). The zero-order valence-corrected chi connectivity index (χ0v) is 17.2.